The van der Waals surface area contributed by atoms with Gasteiger partial charge < -0.3 is 16.2 Å². The van der Waals surface area contributed by atoms with Gasteiger partial charge in [0.05, 0.1) is 23.0 Å². The Morgan fingerprint density at radius 3 is 2.75 bits per heavy atom. The molecule has 0 aliphatic rings. The van der Waals surface area contributed by atoms with Gasteiger partial charge in [0.2, 0.25) is 0 Å². The normalized spacial score (nSPS) is 9.80. The number of carboxylic acids is 1. The van der Waals surface area contributed by atoms with Gasteiger partial charge in [-0.05, 0) is 30.3 Å². The summed E-state index contributed by atoms with van der Waals surface area (Å²) in [6.45, 7) is 0. The molecule has 2 aromatic rings. The summed E-state index contributed by atoms with van der Waals surface area (Å²) in [7, 11) is 0. The molecular formula is C14H10FN3O2. The molecule has 0 saturated carbocycles. The first-order valence-electron chi connectivity index (χ1n) is 5.61. The van der Waals surface area contributed by atoms with E-state index < -0.39 is 17.5 Å². The van der Waals surface area contributed by atoms with E-state index in [1.54, 1.807) is 24.3 Å². The third-order valence-corrected chi connectivity index (χ3v) is 2.68. The molecule has 5 nitrogen and oxygen atoms in total. The number of nitrogens with zero attached hydrogens (tertiary/aromatic N) is 1. The molecule has 0 radical (unpaired) electrons. The van der Waals surface area contributed by atoms with Crippen LogP contribution in [-0.4, -0.2) is 11.1 Å². The molecular weight excluding hydrogens is 261 g/mol. The third kappa shape index (κ3) is 2.52. The number of rotatable bonds is 3. The van der Waals surface area contributed by atoms with Crippen LogP contribution in [0.5, 0.6) is 0 Å². The molecule has 4 N–H and O–H groups in total. The molecule has 0 aliphatic heterocycles. The molecule has 0 amide bonds. The summed E-state index contributed by atoms with van der Waals surface area (Å²) in [5, 5.41) is 20.7. The molecule has 2 rings (SSSR count). The van der Waals surface area contributed by atoms with Crippen LogP contribution in [0.25, 0.3) is 0 Å². The fraction of sp³-hybridized carbons (Fsp3) is 0. The number of halogens is 1. The van der Waals surface area contributed by atoms with Crippen molar-refractivity contribution in [1.29, 1.82) is 5.26 Å². The number of hydrogen-bond acceptors (Lipinski definition) is 4. The Balaban J connectivity index is 2.46. The lowest BCUT2D eigenvalue weighted by Gasteiger charge is -2.12. The van der Waals surface area contributed by atoms with E-state index in [1.807, 2.05) is 6.07 Å². The van der Waals surface area contributed by atoms with Gasteiger partial charge in [-0.2, -0.15) is 5.26 Å². The summed E-state index contributed by atoms with van der Waals surface area (Å²) in [4.78, 5) is 11.2. The number of hydrogen-bond donors (Lipinski definition) is 3. The zero-order valence-corrected chi connectivity index (χ0v) is 10.2. The average molecular weight is 271 g/mol. The van der Waals surface area contributed by atoms with Crippen LogP contribution in [0.3, 0.4) is 0 Å². The van der Waals surface area contributed by atoms with Crippen LogP contribution in [0.1, 0.15) is 15.9 Å². The Bertz CT molecular complexity index is 723. The molecule has 0 spiro atoms. The van der Waals surface area contributed by atoms with E-state index in [9.17, 15) is 9.18 Å². The molecule has 0 unspecified atom stereocenters. The monoisotopic (exact) mass is 271 g/mol. The highest BCUT2D eigenvalue weighted by Gasteiger charge is 2.17. The number of anilines is 3. The molecule has 100 valence electrons. The second-order valence-corrected chi connectivity index (χ2v) is 4.01. The van der Waals surface area contributed by atoms with Crippen molar-refractivity contribution in [3.05, 3.63) is 53.3 Å². The summed E-state index contributed by atoms with van der Waals surface area (Å²) in [5.74, 6) is -2.13. The predicted molar refractivity (Wildman–Crippen MR) is 72.2 cm³/mol. The van der Waals surface area contributed by atoms with Gasteiger partial charge in [-0.15, -0.1) is 0 Å². The fourth-order valence-electron chi connectivity index (χ4n) is 1.75. The molecule has 0 aliphatic carbocycles. The number of nitrogens with one attached hydrogen (secondary N) is 1. The lowest BCUT2D eigenvalue weighted by atomic mass is 10.1. The number of nitriles is 1. The lowest BCUT2D eigenvalue weighted by molar-refractivity contribution is 0.0698. The maximum absolute atomic E-state index is 13.3. The predicted octanol–water partition coefficient (Wildman–Crippen LogP) is 2.72. The van der Waals surface area contributed by atoms with Crippen LogP contribution in [0.15, 0.2) is 36.4 Å². The van der Waals surface area contributed by atoms with Gasteiger partial charge in [0.15, 0.2) is 0 Å². The first-order chi connectivity index (χ1) is 9.52. The highest BCUT2D eigenvalue weighted by Crippen LogP contribution is 2.28. The van der Waals surface area contributed by atoms with Crippen molar-refractivity contribution in [3.8, 4) is 6.07 Å². The van der Waals surface area contributed by atoms with Gasteiger partial charge in [0, 0.05) is 5.69 Å². The van der Waals surface area contributed by atoms with Crippen molar-refractivity contribution in [2.75, 3.05) is 11.1 Å². The second-order valence-electron chi connectivity index (χ2n) is 4.01. The summed E-state index contributed by atoms with van der Waals surface area (Å²) in [6, 6.07) is 10.8. The van der Waals surface area contributed by atoms with Gasteiger partial charge in [-0.1, -0.05) is 6.07 Å². The summed E-state index contributed by atoms with van der Waals surface area (Å²) < 4.78 is 13.3. The lowest BCUT2D eigenvalue weighted by Crippen LogP contribution is -2.08. The van der Waals surface area contributed by atoms with Crippen LogP contribution < -0.4 is 11.1 Å². The number of carbonyl (C=O) groups is 1. The van der Waals surface area contributed by atoms with Gasteiger partial charge in [-0.25, -0.2) is 9.18 Å². The number of carboxylic acid groups (broad SMARTS) is 1. The standard InChI is InChI=1S/C14H10FN3O2/c15-10-4-5-11(12(13(10)17)14(19)20)18-9-3-1-2-8(6-9)7-16/h1-6,18H,17H2,(H,19,20). The number of nitrogen functional groups attached to an aromatic ring is 1. The topological polar surface area (TPSA) is 99.1 Å². The van der Waals surface area contributed by atoms with Crippen molar-refractivity contribution in [2.45, 2.75) is 0 Å². The Labute approximate surface area is 114 Å². The molecule has 0 fully saturated rings. The van der Waals surface area contributed by atoms with Crippen LogP contribution in [0.2, 0.25) is 0 Å². The molecule has 0 saturated heterocycles. The second kappa shape index (κ2) is 5.28. The molecule has 6 heteroatoms. The van der Waals surface area contributed by atoms with Gasteiger partial charge in [-0.3, -0.25) is 0 Å². The third-order valence-electron chi connectivity index (χ3n) is 2.68. The van der Waals surface area contributed by atoms with Crippen LogP contribution in [-0.2, 0) is 0 Å². The van der Waals surface area contributed by atoms with Crippen LogP contribution in [0.4, 0.5) is 21.5 Å². The first-order valence-corrected chi connectivity index (χ1v) is 5.61. The van der Waals surface area contributed by atoms with E-state index in [0.29, 0.717) is 11.3 Å². The van der Waals surface area contributed by atoms with Gasteiger partial charge in [0.25, 0.3) is 0 Å². The van der Waals surface area contributed by atoms with E-state index in [4.69, 9.17) is 16.1 Å². The average Bonchev–Trinajstić information content (AvgIpc) is 2.43. The maximum atomic E-state index is 13.3. The molecule has 0 bridgehead atoms. The Kier molecular flexibility index (Phi) is 3.53. The highest BCUT2D eigenvalue weighted by molar-refractivity contribution is 6.00. The number of nitrogens with two attached hydrogens (primary N) is 1. The Hall–Kier alpha value is -3.07. The summed E-state index contributed by atoms with van der Waals surface area (Å²) in [6.07, 6.45) is 0. The smallest absolute Gasteiger partial charge is 0.340 e. The Morgan fingerprint density at radius 2 is 2.10 bits per heavy atom. The zero-order chi connectivity index (χ0) is 14.7. The highest BCUT2D eigenvalue weighted by atomic mass is 19.1. The van der Waals surface area contributed by atoms with Crippen molar-refractivity contribution in [1.82, 2.24) is 0 Å². The largest absolute Gasteiger partial charge is 0.478 e. The van der Waals surface area contributed by atoms with Crippen LogP contribution in [0, 0.1) is 17.1 Å². The van der Waals surface area contributed by atoms with Crippen LogP contribution >= 0.6 is 0 Å². The van der Waals surface area contributed by atoms with Gasteiger partial charge in [0.1, 0.15) is 11.4 Å². The fourth-order valence-corrected chi connectivity index (χ4v) is 1.75. The zero-order valence-electron chi connectivity index (χ0n) is 10.2. The Morgan fingerprint density at radius 1 is 1.35 bits per heavy atom. The van der Waals surface area contributed by atoms with Crippen molar-refractivity contribution in [3.63, 3.8) is 0 Å². The SMILES string of the molecule is N#Cc1cccc(Nc2ccc(F)c(N)c2C(=O)O)c1. The van der Waals surface area contributed by atoms with E-state index in [2.05, 4.69) is 5.32 Å². The molecule has 20 heavy (non-hydrogen) atoms. The van der Waals surface area contributed by atoms with Crippen molar-refractivity contribution < 1.29 is 14.3 Å². The minimum Gasteiger partial charge on any atom is -0.478 e. The minimum atomic E-state index is -1.33. The minimum absolute atomic E-state index is 0.159. The molecule has 0 aromatic heterocycles. The molecule has 0 atom stereocenters. The maximum Gasteiger partial charge on any atom is 0.340 e. The van der Waals surface area contributed by atoms with Crippen molar-refractivity contribution in [2.24, 2.45) is 0 Å². The van der Waals surface area contributed by atoms with Gasteiger partial charge >= 0.3 is 5.97 Å². The number of benzene rings is 2. The number of aromatic carboxylic acids is 1. The van der Waals surface area contributed by atoms with Crippen molar-refractivity contribution >= 4 is 23.0 Å². The molecule has 0 heterocycles. The molecule has 2 aromatic carbocycles. The first kappa shape index (κ1) is 13.4. The quantitative estimate of drug-likeness (QED) is 0.745. The summed E-state index contributed by atoms with van der Waals surface area (Å²) in [5.41, 5.74) is 5.76. The van der Waals surface area contributed by atoms with E-state index >= 15 is 0 Å². The van der Waals surface area contributed by atoms with E-state index in [-0.39, 0.29) is 11.3 Å². The van der Waals surface area contributed by atoms with E-state index in [1.165, 1.54) is 6.07 Å². The summed E-state index contributed by atoms with van der Waals surface area (Å²) >= 11 is 0. The van der Waals surface area contributed by atoms with E-state index in [0.717, 1.165) is 6.07 Å².